The maximum atomic E-state index is 8.80. The highest BCUT2D eigenvalue weighted by Gasteiger charge is 1.87. The topological polar surface area (TPSA) is 38.7 Å². The summed E-state index contributed by atoms with van der Waals surface area (Å²) >= 11 is 0. The zero-order chi connectivity index (χ0) is 12.2. The minimum atomic E-state index is 0.260. The summed E-state index contributed by atoms with van der Waals surface area (Å²) in [4.78, 5) is 0. The maximum absolute atomic E-state index is 8.80. The van der Waals surface area contributed by atoms with Crippen molar-refractivity contribution in [1.82, 2.24) is 0 Å². The number of methoxy groups -OCH3 is 1. The first-order valence-corrected chi connectivity index (χ1v) is 4.87. The molecule has 88 valence electrons. The van der Waals surface area contributed by atoms with E-state index >= 15 is 0 Å². The van der Waals surface area contributed by atoms with Crippen LogP contribution in [-0.4, -0.2) is 25.4 Å². The smallest absolute Gasteiger partial charge is 0.119 e. The standard InChI is InChI=1S/C7H8O2.C6H10O/c1-9-7-4-2-6(8)3-5-7;1-3-5-7-6-4-2/h2-5,8H,1H3;3-4H,1-2,5-6H2. The van der Waals surface area contributed by atoms with E-state index in [1.165, 1.54) is 0 Å². The summed E-state index contributed by atoms with van der Waals surface area (Å²) < 4.78 is 9.75. The zero-order valence-electron chi connectivity index (χ0n) is 9.56. The summed E-state index contributed by atoms with van der Waals surface area (Å²) in [6, 6.07) is 6.57. The first-order chi connectivity index (χ1) is 7.74. The predicted octanol–water partition coefficient (Wildman–Crippen LogP) is 2.78. The highest BCUT2D eigenvalue weighted by atomic mass is 16.5. The number of rotatable bonds is 5. The van der Waals surface area contributed by atoms with Crippen molar-refractivity contribution in [3.05, 3.63) is 49.6 Å². The third kappa shape index (κ3) is 7.64. The number of aromatic hydroxyl groups is 1. The fraction of sp³-hybridized carbons (Fsp3) is 0.231. The lowest BCUT2D eigenvalue weighted by Gasteiger charge is -1.96. The third-order valence-corrected chi connectivity index (χ3v) is 1.54. The molecule has 0 aliphatic heterocycles. The van der Waals surface area contributed by atoms with E-state index in [2.05, 4.69) is 13.2 Å². The van der Waals surface area contributed by atoms with Gasteiger partial charge >= 0.3 is 0 Å². The van der Waals surface area contributed by atoms with Crippen LogP contribution in [0.3, 0.4) is 0 Å². The molecule has 3 nitrogen and oxygen atoms in total. The van der Waals surface area contributed by atoms with Crippen molar-refractivity contribution < 1.29 is 14.6 Å². The van der Waals surface area contributed by atoms with Gasteiger partial charge in [-0.3, -0.25) is 0 Å². The fourth-order valence-corrected chi connectivity index (χ4v) is 0.817. The van der Waals surface area contributed by atoms with Crippen molar-refractivity contribution in [3.63, 3.8) is 0 Å². The van der Waals surface area contributed by atoms with Crippen LogP contribution in [0.25, 0.3) is 0 Å². The van der Waals surface area contributed by atoms with Crippen LogP contribution in [-0.2, 0) is 4.74 Å². The zero-order valence-corrected chi connectivity index (χ0v) is 9.56. The van der Waals surface area contributed by atoms with Crippen LogP contribution in [0.15, 0.2) is 49.6 Å². The summed E-state index contributed by atoms with van der Waals surface area (Å²) in [5.41, 5.74) is 0. The summed E-state index contributed by atoms with van der Waals surface area (Å²) in [7, 11) is 1.59. The Kier molecular flexibility index (Phi) is 8.74. The molecule has 0 aliphatic rings. The molecule has 0 bridgehead atoms. The molecule has 0 aliphatic carbocycles. The van der Waals surface area contributed by atoms with Gasteiger partial charge in [-0.25, -0.2) is 0 Å². The number of phenols is 1. The Hall–Kier alpha value is -1.74. The van der Waals surface area contributed by atoms with Gasteiger partial charge in [0, 0.05) is 0 Å². The fourth-order valence-electron chi connectivity index (χ4n) is 0.817. The number of hydrogen-bond donors (Lipinski definition) is 1. The summed E-state index contributed by atoms with van der Waals surface area (Å²) in [5.74, 6) is 1.02. The van der Waals surface area contributed by atoms with Crippen LogP contribution in [0.1, 0.15) is 0 Å². The molecule has 0 amide bonds. The molecule has 0 aromatic heterocycles. The van der Waals surface area contributed by atoms with Crippen molar-refractivity contribution in [2.75, 3.05) is 20.3 Å². The van der Waals surface area contributed by atoms with E-state index in [0.29, 0.717) is 13.2 Å². The molecular weight excluding hydrogens is 204 g/mol. The Labute approximate surface area is 96.6 Å². The predicted molar refractivity (Wildman–Crippen MR) is 65.9 cm³/mol. The normalized spacial score (nSPS) is 8.56. The highest BCUT2D eigenvalue weighted by molar-refractivity contribution is 5.29. The van der Waals surface area contributed by atoms with E-state index in [-0.39, 0.29) is 5.75 Å². The van der Waals surface area contributed by atoms with Gasteiger partial charge in [-0.05, 0) is 24.3 Å². The Morgan fingerprint density at radius 2 is 1.62 bits per heavy atom. The Balaban J connectivity index is 0.000000293. The van der Waals surface area contributed by atoms with Crippen LogP contribution in [0.2, 0.25) is 0 Å². The lowest BCUT2D eigenvalue weighted by molar-refractivity contribution is 0.194. The Morgan fingerprint density at radius 3 is 2.00 bits per heavy atom. The first kappa shape index (κ1) is 14.3. The SMILES string of the molecule is C=CCOCC=C.COc1ccc(O)cc1. The van der Waals surface area contributed by atoms with Gasteiger partial charge in [0.1, 0.15) is 11.5 Å². The Bertz CT molecular complexity index is 283. The summed E-state index contributed by atoms with van der Waals surface area (Å²) in [5, 5.41) is 8.80. The molecule has 0 saturated heterocycles. The quantitative estimate of drug-likeness (QED) is 0.615. The van der Waals surface area contributed by atoms with Gasteiger partial charge in [0.05, 0.1) is 20.3 Å². The molecule has 0 heterocycles. The molecule has 0 atom stereocenters. The van der Waals surface area contributed by atoms with Crippen molar-refractivity contribution in [2.45, 2.75) is 0 Å². The number of hydrogen-bond acceptors (Lipinski definition) is 3. The number of benzene rings is 1. The maximum Gasteiger partial charge on any atom is 0.119 e. The molecule has 1 aromatic rings. The van der Waals surface area contributed by atoms with E-state index in [0.717, 1.165) is 5.75 Å². The van der Waals surface area contributed by atoms with Gasteiger partial charge < -0.3 is 14.6 Å². The monoisotopic (exact) mass is 222 g/mol. The van der Waals surface area contributed by atoms with Crippen LogP contribution in [0.5, 0.6) is 11.5 Å². The van der Waals surface area contributed by atoms with Crippen molar-refractivity contribution in [3.8, 4) is 11.5 Å². The third-order valence-electron chi connectivity index (χ3n) is 1.54. The molecule has 0 fully saturated rings. The average Bonchev–Trinajstić information content (AvgIpc) is 2.32. The van der Waals surface area contributed by atoms with E-state index < -0.39 is 0 Å². The molecule has 1 rings (SSSR count). The lowest BCUT2D eigenvalue weighted by Crippen LogP contribution is -1.87. The largest absolute Gasteiger partial charge is 0.508 e. The second-order valence-electron chi connectivity index (χ2n) is 2.81. The number of phenolic OH excluding ortho intramolecular Hbond substituents is 1. The van der Waals surface area contributed by atoms with Crippen LogP contribution < -0.4 is 4.74 Å². The van der Waals surface area contributed by atoms with Crippen LogP contribution in [0, 0.1) is 0 Å². The van der Waals surface area contributed by atoms with Gasteiger partial charge in [-0.15, -0.1) is 13.2 Å². The van der Waals surface area contributed by atoms with Gasteiger partial charge in [0.15, 0.2) is 0 Å². The van der Waals surface area contributed by atoms with Gasteiger partial charge in [-0.2, -0.15) is 0 Å². The molecular formula is C13H18O3. The summed E-state index contributed by atoms with van der Waals surface area (Å²) in [6.45, 7) is 8.18. The van der Waals surface area contributed by atoms with Gasteiger partial charge in [0.25, 0.3) is 0 Å². The molecule has 1 aromatic carbocycles. The molecule has 3 heteroatoms. The average molecular weight is 222 g/mol. The van der Waals surface area contributed by atoms with Crippen molar-refractivity contribution in [2.24, 2.45) is 0 Å². The first-order valence-electron chi connectivity index (χ1n) is 4.87. The minimum absolute atomic E-state index is 0.260. The van der Waals surface area contributed by atoms with Crippen molar-refractivity contribution in [1.29, 1.82) is 0 Å². The second kappa shape index (κ2) is 9.80. The molecule has 1 N–H and O–H groups in total. The van der Waals surface area contributed by atoms with Gasteiger partial charge in [-0.1, -0.05) is 12.2 Å². The molecule has 0 unspecified atom stereocenters. The second-order valence-corrected chi connectivity index (χ2v) is 2.81. The molecule has 0 saturated carbocycles. The molecule has 0 radical (unpaired) electrons. The minimum Gasteiger partial charge on any atom is -0.508 e. The molecule has 16 heavy (non-hydrogen) atoms. The van der Waals surface area contributed by atoms with Crippen LogP contribution >= 0.6 is 0 Å². The van der Waals surface area contributed by atoms with Crippen LogP contribution in [0.4, 0.5) is 0 Å². The highest BCUT2D eigenvalue weighted by Crippen LogP contribution is 2.14. The molecule has 0 spiro atoms. The summed E-state index contributed by atoms with van der Waals surface area (Å²) in [6.07, 6.45) is 3.42. The van der Waals surface area contributed by atoms with Gasteiger partial charge in [0.2, 0.25) is 0 Å². The van der Waals surface area contributed by atoms with E-state index in [9.17, 15) is 0 Å². The Morgan fingerprint density at radius 1 is 1.12 bits per heavy atom. The van der Waals surface area contributed by atoms with E-state index in [1.807, 2.05) is 0 Å². The number of ether oxygens (including phenoxy) is 2. The van der Waals surface area contributed by atoms with E-state index in [1.54, 1.807) is 43.5 Å². The lowest BCUT2D eigenvalue weighted by atomic mass is 10.3. The van der Waals surface area contributed by atoms with E-state index in [4.69, 9.17) is 14.6 Å². The van der Waals surface area contributed by atoms with Crippen molar-refractivity contribution >= 4 is 0 Å².